The second-order valence-corrected chi connectivity index (χ2v) is 3.65. The Bertz CT molecular complexity index is 217. The van der Waals surface area contributed by atoms with Gasteiger partial charge in [0.2, 0.25) is 5.91 Å². The van der Waals surface area contributed by atoms with E-state index in [9.17, 15) is 20.1 Å². The molecule has 95 valence electrons. The molecule has 0 fully saturated rings. The number of nitrogens with one attached hydrogen (secondary N) is 1. The van der Waals surface area contributed by atoms with Crippen LogP contribution in [0.15, 0.2) is 0 Å². The summed E-state index contributed by atoms with van der Waals surface area (Å²) in [5.41, 5.74) is 0. The first-order chi connectivity index (χ1) is 7.43. The standard InChI is InChI=1S/C8H15BrNO6/c9-1-6(14)10-2-4(12)7(15)8(16)5(13)3-11/h2,4-5,7-8,11-13,15-16H,1,3H2,(H,10,14)/t4-,5+,7+,8+/m0/s1. The fourth-order valence-electron chi connectivity index (χ4n) is 0.853. The summed E-state index contributed by atoms with van der Waals surface area (Å²) in [7, 11) is 0. The van der Waals surface area contributed by atoms with E-state index < -0.39 is 36.9 Å². The lowest BCUT2D eigenvalue weighted by Crippen LogP contribution is -2.47. The number of alkyl halides is 1. The van der Waals surface area contributed by atoms with Crippen molar-refractivity contribution >= 4 is 21.8 Å². The van der Waals surface area contributed by atoms with Gasteiger partial charge in [0.1, 0.15) is 24.4 Å². The molecule has 0 rings (SSSR count). The topological polar surface area (TPSA) is 130 Å². The Morgan fingerprint density at radius 3 is 2.25 bits per heavy atom. The molecule has 0 unspecified atom stereocenters. The summed E-state index contributed by atoms with van der Waals surface area (Å²) in [6.45, 7) is 0.125. The van der Waals surface area contributed by atoms with Crippen LogP contribution in [0.25, 0.3) is 0 Å². The third kappa shape index (κ3) is 5.19. The molecule has 4 atom stereocenters. The summed E-state index contributed by atoms with van der Waals surface area (Å²) in [6.07, 6.45) is -6.54. The third-order valence-corrected chi connectivity index (χ3v) is 2.33. The van der Waals surface area contributed by atoms with Gasteiger partial charge in [-0.1, -0.05) is 15.9 Å². The SMILES string of the molecule is O=C(CBr)N[CH][C@H](O)[C@@H](O)[C@H](O)[C@H](O)CO. The molecule has 0 saturated carbocycles. The summed E-state index contributed by atoms with van der Waals surface area (Å²) >= 11 is 2.87. The fraction of sp³-hybridized carbons (Fsp3) is 0.750. The minimum atomic E-state index is -1.71. The van der Waals surface area contributed by atoms with Crippen LogP contribution in [-0.2, 0) is 4.79 Å². The lowest BCUT2D eigenvalue weighted by atomic mass is 10.0. The number of aliphatic hydroxyl groups excluding tert-OH is 5. The van der Waals surface area contributed by atoms with Crippen LogP contribution in [0.1, 0.15) is 0 Å². The molecule has 1 amide bonds. The lowest BCUT2D eigenvalue weighted by molar-refractivity contribution is -0.121. The Kier molecular flexibility index (Phi) is 7.81. The number of carbonyl (C=O) groups excluding carboxylic acids is 1. The van der Waals surface area contributed by atoms with Crippen molar-refractivity contribution in [2.75, 3.05) is 11.9 Å². The van der Waals surface area contributed by atoms with Crippen molar-refractivity contribution in [3.8, 4) is 0 Å². The van der Waals surface area contributed by atoms with E-state index in [0.29, 0.717) is 0 Å². The Balaban J connectivity index is 4.06. The number of rotatable bonds is 7. The highest BCUT2D eigenvalue weighted by molar-refractivity contribution is 9.09. The van der Waals surface area contributed by atoms with E-state index in [2.05, 4.69) is 21.2 Å². The summed E-state index contributed by atoms with van der Waals surface area (Å²) in [5, 5.41) is 47.5. The summed E-state index contributed by atoms with van der Waals surface area (Å²) in [5.74, 6) is -0.441. The fourth-order valence-corrected chi connectivity index (χ4v) is 1.01. The minimum absolute atomic E-state index is 0.0220. The first kappa shape index (κ1) is 15.8. The quantitative estimate of drug-likeness (QED) is 0.280. The van der Waals surface area contributed by atoms with Crippen molar-refractivity contribution in [3.63, 3.8) is 0 Å². The molecular weight excluding hydrogens is 286 g/mol. The average molecular weight is 301 g/mol. The second kappa shape index (κ2) is 7.93. The molecule has 16 heavy (non-hydrogen) atoms. The Morgan fingerprint density at radius 2 is 1.81 bits per heavy atom. The zero-order chi connectivity index (χ0) is 12.7. The van der Waals surface area contributed by atoms with Crippen LogP contribution in [0.2, 0.25) is 0 Å². The van der Waals surface area contributed by atoms with Gasteiger partial charge in [-0.3, -0.25) is 4.79 Å². The van der Waals surface area contributed by atoms with Gasteiger partial charge >= 0.3 is 0 Å². The average Bonchev–Trinajstić information content (AvgIpc) is 2.32. The van der Waals surface area contributed by atoms with Gasteiger partial charge in [0.15, 0.2) is 0 Å². The van der Waals surface area contributed by atoms with Gasteiger partial charge in [0.25, 0.3) is 0 Å². The predicted molar refractivity (Wildman–Crippen MR) is 57.3 cm³/mol. The molecular formula is C8H15BrNO6. The highest BCUT2D eigenvalue weighted by Gasteiger charge is 2.30. The molecule has 0 spiro atoms. The van der Waals surface area contributed by atoms with Crippen LogP contribution >= 0.6 is 15.9 Å². The van der Waals surface area contributed by atoms with Gasteiger partial charge in [0.05, 0.1) is 18.5 Å². The van der Waals surface area contributed by atoms with Crippen LogP contribution < -0.4 is 5.32 Å². The number of halogens is 1. The molecule has 7 nitrogen and oxygen atoms in total. The molecule has 0 aliphatic carbocycles. The van der Waals surface area contributed by atoms with Crippen molar-refractivity contribution in [2.45, 2.75) is 24.4 Å². The molecule has 0 aliphatic heterocycles. The molecule has 1 radical (unpaired) electrons. The van der Waals surface area contributed by atoms with Crippen molar-refractivity contribution in [1.29, 1.82) is 0 Å². The predicted octanol–water partition coefficient (Wildman–Crippen LogP) is -2.90. The molecule has 0 aromatic heterocycles. The van der Waals surface area contributed by atoms with Crippen LogP contribution in [0.5, 0.6) is 0 Å². The molecule has 0 heterocycles. The van der Waals surface area contributed by atoms with Gasteiger partial charge in [-0.25, -0.2) is 0 Å². The number of aliphatic hydroxyl groups is 5. The Morgan fingerprint density at radius 1 is 1.25 bits per heavy atom. The molecule has 0 saturated heterocycles. The van der Waals surface area contributed by atoms with Crippen molar-refractivity contribution < 1.29 is 30.3 Å². The molecule has 0 aromatic carbocycles. The van der Waals surface area contributed by atoms with Crippen LogP contribution in [0.4, 0.5) is 0 Å². The lowest BCUT2D eigenvalue weighted by Gasteiger charge is -2.25. The first-order valence-electron chi connectivity index (χ1n) is 4.45. The normalized spacial score (nSPS) is 18.6. The zero-order valence-corrected chi connectivity index (χ0v) is 9.91. The largest absolute Gasteiger partial charge is 0.394 e. The van der Waals surface area contributed by atoms with Crippen molar-refractivity contribution in [3.05, 3.63) is 6.54 Å². The molecule has 0 aliphatic rings. The number of amides is 1. The van der Waals surface area contributed by atoms with Gasteiger partial charge in [-0.05, 0) is 0 Å². The van der Waals surface area contributed by atoms with Gasteiger partial charge in [-0.2, -0.15) is 0 Å². The van der Waals surface area contributed by atoms with Gasteiger partial charge in [-0.15, -0.1) is 0 Å². The molecule has 6 N–H and O–H groups in total. The maximum Gasteiger partial charge on any atom is 0.231 e. The summed E-state index contributed by atoms with van der Waals surface area (Å²) in [6, 6.07) is 0. The van der Waals surface area contributed by atoms with Gasteiger partial charge < -0.3 is 30.8 Å². The molecule has 0 bridgehead atoms. The number of hydrogen-bond acceptors (Lipinski definition) is 6. The van der Waals surface area contributed by atoms with E-state index in [4.69, 9.17) is 10.2 Å². The van der Waals surface area contributed by atoms with E-state index in [1.165, 1.54) is 0 Å². The monoisotopic (exact) mass is 300 g/mol. The maximum atomic E-state index is 10.8. The van der Waals surface area contributed by atoms with E-state index in [1.807, 2.05) is 0 Å². The zero-order valence-electron chi connectivity index (χ0n) is 8.32. The highest BCUT2D eigenvalue weighted by atomic mass is 79.9. The van der Waals surface area contributed by atoms with E-state index >= 15 is 0 Å². The molecule has 8 heteroatoms. The maximum absolute atomic E-state index is 10.8. The summed E-state index contributed by atoms with van der Waals surface area (Å²) < 4.78 is 0. The Labute approximate surface area is 101 Å². The van der Waals surface area contributed by atoms with Crippen LogP contribution in [0, 0.1) is 6.54 Å². The van der Waals surface area contributed by atoms with E-state index in [-0.39, 0.29) is 5.33 Å². The third-order valence-electron chi connectivity index (χ3n) is 1.82. The van der Waals surface area contributed by atoms with E-state index in [0.717, 1.165) is 6.54 Å². The second-order valence-electron chi connectivity index (χ2n) is 3.09. The highest BCUT2D eigenvalue weighted by Crippen LogP contribution is 2.06. The van der Waals surface area contributed by atoms with Gasteiger partial charge in [0, 0.05) is 0 Å². The first-order valence-corrected chi connectivity index (χ1v) is 5.58. The van der Waals surface area contributed by atoms with Crippen LogP contribution in [0.3, 0.4) is 0 Å². The van der Waals surface area contributed by atoms with Crippen molar-refractivity contribution in [2.24, 2.45) is 0 Å². The molecule has 0 aromatic rings. The smallest absolute Gasteiger partial charge is 0.231 e. The minimum Gasteiger partial charge on any atom is -0.394 e. The number of hydrogen-bond donors (Lipinski definition) is 6. The Hall–Kier alpha value is -0.250. The van der Waals surface area contributed by atoms with Crippen molar-refractivity contribution in [1.82, 2.24) is 5.32 Å². The summed E-state index contributed by atoms with van der Waals surface area (Å²) in [4.78, 5) is 10.8. The van der Waals surface area contributed by atoms with Crippen LogP contribution in [-0.4, -0.2) is 67.8 Å². The van der Waals surface area contributed by atoms with E-state index in [1.54, 1.807) is 0 Å². The number of carbonyl (C=O) groups is 1.